The van der Waals surface area contributed by atoms with Crippen molar-refractivity contribution in [3.05, 3.63) is 78.1 Å². The van der Waals surface area contributed by atoms with Gasteiger partial charge in [-0.2, -0.15) is 5.10 Å². The highest BCUT2D eigenvalue weighted by molar-refractivity contribution is 5.95. The zero-order valence-electron chi connectivity index (χ0n) is 19.4. The molecule has 0 aliphatic carbocycles. The minimum Gasteiger partial charge on any atom is -0.497 e. The molecule has 0 amide bonds. The number of carboxylic acid groups (broad SMARTS) is 1. The second kappa shape index (κ2) is 8.98. The number of aliphatic carboxylic acids is 1. The highest BCUT2D eigenvalue weighted by Gasteiger charge is 2.14. The number of aromatic nitrogens is 3. The number of rotatable bonds is 7. The number of ether oxygens (including phenoxy) is 2. The van der Waals surface area contributed by atoms with Crippen molar-refractivity contribution in [1.29, 1.82) is 0 Å². The maximum atomic E-state index is 11.3. The first-order valence-electron chi connectivity index (χ1n) is 11.0. The lowest BCUT2D eigenvalue weighted by Gasteiger charge is -2.11. The van der Waals surface area contributed by atoms with Crippen molar-refractivity contribution < 1.29 is 19.4 Å². The Morgan fingerprint density at radius 2 is 1.80 bits per heavy atom. The molecule has 0 fully saturated rings. The minimum absolute atomic E-state index is 0.146. The number of nitrogen functional groups attached to an aromatic ring is 1. The van der Waals surface area contributed by atoms with Gasteiger partial charge in [-0.25, -0.2) is 4.98 Å². The van der Waals surface area contributed by atoms with Gasteiger partial charge in [-0.05, 0) is 46.8 Å². The average Bonchev–Trinajstić information content (AvgIpc) is 3.18. The summed E-state index contributed by atoms with van der Waals surface area (Å²) in [6.07, 6.45) is 1.56. The summed E-state index contributed by atoms with van der Waals surface area (Å²) in [6.45, 7) is 0.176. The van der Waals surface area contributed by atoms with E-state index in [4.69, 9.17) is 15.2 Å². The number of benzene rings is 3. The number of carbonyl (C=O) groups is 1. The molecule has 3 aromatic carbocycles. The molecular weight excluding hydrogens is 444 g/mol. The largest absolute Gasteiger partial charge is 0.497 e. The van der Waals surface area contributed by atoms with Gasteiger partial charge in [0.25, 0.3) is 0 Å². The molecule has 0 unspecified atom stereocenters. The van der Waals surface area contributed by atoms with E-state index in [1.807, 2.05) is 36.0 Å². The maximum Gasteiger partial charge on any atom is 0.307 e. The van der Waals surface area contributed by atoms with E-state index in [1.165, 1.54) is 0 Å². The lowest BCUT2D eigenvalue weighted by Crippen LogP contribution is -2.05. The van der Waals surface area contributed by atoms with Gasteiger partial charge in [-0.3, -0.25) is 9.48 Å². The monoisotopic (exact) mass is 468 g/mol. The van der Waals surface area contributed by atoms with Crippen molar-refractivity contribution in [2.24, 2.45) is 7.05 Å². The standard InChI is InChI=1S/C27H24N4O4/c1-31-24-8-6-18(17-4-3-16-9-10-29-27(28)21(16)11-17)12-22(24)23(30-31)15-35-25-14-20(34-2)7-5-19(25)13-26(32)33/h3-12,14H,13,15H2,1-2H3,(H2,28,29)(H,32,33). The van der Waals surface area contributed by atoms with Gasteiger partial charge in [-0.15, -0.1) is 0 Å². The van der Waals surface area contributed by atoms with Crippen molar-refractivity contribution in [3.8, 4) is 22.6 Å². The molecule has 3 N–H and O–H groups in total. The van der Waals surface area contributed by atoms with Crippen LogP contribution in [0.3, 0.4) is 0 Å². The number of carboxylic acids is 1. The zero-order chi connectivity index (χ0) is 24.5. The van der Waals surface area contributed by atoms with Crippen LogP contribution >= 0.6 is 0 Å². The number of aryl methyl sites for hydroxylation is 1. The fourth-order valence-electron chi connectivity index (χ4n) is 4.25. The van der Waals surface area contributed by atoms with E-state index in [9.17, 15) is 9.90 Å². The van der Waals surface area contributed by atoms with Crippen LogP contribution in [0, 0.1) is 0 Å². The van der Waals surface area contributed by atoms with E-state index in [2.05, 4.69) is 28.3 Å². The van der Waals surface area contributed by atoms with E-state index < -0.39 is 5.97 Å². The Morgan fingerprint density at radius 1 is 1.03 bits per heavy atom. The first-order chi connectivity index (χ1) is 16.9. The summed E-state index contributed by atoms with van der Waals surface area (Å²) >= 11 is 0. The van der Waals surface area contributed by atoms with Gasteiger partial charge < -0.3 is 20.3 Å². The number of hydrogen-bond acceptors (Lipinski definition) is 6. The topological polar surface area (TPSA) is 112 Å². The predicted molar refractivity (Wildman–Crippen MR) is 135 cm³/mol. The van der Waals surface area contributed by atoms with E-state index in [1.54, 1.807) is 31.5 Å². The molecule has 0 aliphatic heterocycles. The molecule has 8 heteroatoms. The van der Waals surface area contributed by atoms with Crippen LogP contribution in [0.25, 0.3) is 32.8 Å². The Morgan fingerprint density at radius 3 is 2.57 bits per heavy atom. The average molecular weight is 469 g/mol. The summed E-state index contributed by atoms with van der Waals surface area (Å²) in [5.74, 6) is 0.613. The fourth-order valence-corrected chi connectivity index (χ4v) is 4.25. The number of hydrogen-bond donors (Lipinski definition) is 2. The number of nitrogens with zero attached hydrogens (tertiary/aromatic N) is 3. The summed E-state index contributed by atoms with van der Waals surface area (Å²) in [6, 6.07) is 19.4. The Balaban J connectivity index is 1.50. The second-order valence-electron chi connectivity index (χ2n) is 8.27. The van der Waals surface area contributed by atoms with Gasteiger partial charge in [0.2, 0.25) is 0 Å². The molecule has 0 saturated carbocycles. The smallest absolute Gasteiger partial charge is 0.307 e. The molecule has 176 valence electrons. The molecule has 0 radical (unpaired) electrons. The summed E-state index contributed by atoms with van der Waals surface area (Å²) < 4.78 is 13.2. The lowest BCUT2D eigenvalue weighted by atomic mass is 10.00. The van der Waals surface area contributed by atoms with Crippen LogP contribution < -0.4 is 15.2 Å². The van der Waals surface area contributed by atoms with Crippen molar-refractivity contribution >= 4 is 33.5 Å². The van der Waals surface area contributed by atoms with Gasteiger partial charge in [0.05, 0.1) is 19.0 Å². The van der Waals surface area contributed by atoms with Crippen molar-refractivity contribution in [2.45, 2.75) is 13.0 Å². The highest BCUT2D eigenvalue weighted by Crippen LogP contribution is 2.31. The van der Waals surface area contributed by atoms with Crippen LogP contribution in [0.4, 0.5) is 5.82 Å². The molecule has 0 atom stereocenters. The summed E-state index contributed by atoms with van der Waals surface area (Å²) in [5.41, 5.74) is 10.4. The molecule has 2 heterocycles. The minimum atomic E-state index is -0.931. The molecule has 5 rings (SSSR count). The van der Waals surface area contributed by atoms with Crippen LogP contribution in [-0.4, -0.2) is 33.0 Å². The summed E-state index contributed by atoms with van der Waals surface area (Å²) in [7, 11) is 3.44. The van der Waals surface area contributed by atoms with E-state index in [-0.39, 0.29) is 13.0 Å². The van der Waals surface area contributed by atoms with Crippen LogP contribution in [0.15, 0.2) is 66.9 Å². The Kier molecular flexibility index (Phi) is 5.70. The van der Waals surface area contributed by atoms with Crippen molar-refractivity contribution in [2.75, 3.05) is 12.8 Å². The number of methoxy groups -OCH3 is 1. The first-order valence-corrected chi connectivity index (χ1v) is 11.0. The molecule has 5 aromatic rings. The maximum absolute atomic E-state index is 11.3. The van der Waals surface area contributed by atoms with Gasteiger partial charge in [0, 0.05) is 35.6 Å². The highest BCUT2D eigenvalue weighted by atomic mass is 16.5. The van der Waals surface area contributed by atoms with Gasteiger partial charge in [-0.1, -0.05) is 24.3 Å². The lowest BCUT2D eigenvalue weighted by molar-refractivity contribution is -0.136. The second-order valence-corrected chi connectivity index (χ2v) is 8.27. The van der Waals surface area contributed by atoms with Crippen LogP contribution in [0.1, 0.15) is 11.3 Å². The van der Waals surface area contributed by atoms with Gasteiger partial charge >= 0.3 is 5.97 Å². The SMILES string of the molecule is COc1ccc(CC(=O)O)c(OCc2nn(C)c3ccc(-c4ccc5ccnc(N)c5c4)cc23)c1. The summed E-state index contributed by atoms with van der Waals surface area (Å²) in [4.78, 5) is 15.5. The molecule has 2 aromatic heterocycles. The molecule has 0 saturated heterocycles. The third kappa shape index (κ3) is 4.33. The Hall–Kier alpha value is -4.59. The molecule has 0 aliphatic rings. The number of fused-ring (bicyclic) bond motifs is 2. The van der Waals surface area contributed by atoms with E-state index in [0.29, 0.717) is 22.9 Å². The zero-order valence-corrected chi connectivity index (χ0v) is 19.4. The number of nitrogens with two attached hydrogens (primary N) is 1. The number of anilines is 1. The molecular formula is C27H24N4O4. The molecule has 35 heavy (non-hydrogen) atoms. The van der Waals surface area contributed by atoms with Gasteiger partial charge in [0.1, 0.15) is 29.6 Å². The van der Waals surface area contributed by atoms with Crippen LogP contribution in [-0.2, 0) is 24.9 Å². The predicted octanol–water partition coefficient (Wildman–Crippen LogP) is 4.59. The normalized spacial score (nSPS) is 11.1. The fraction of sp³-hybridized carbons (Fsp3) is 0.148. The van der Waals surface area contributed by atoms with Crippen LogP contribution in [0.5, 0.6) is 11.5 Å². The number of pyridine rings is 1. The van der Waals surface area contributed by atoms with Crippen molar-refractivity contribution in [1.82, 2.24) is 14.8 Å². The van der Waals surface area contributed by atoms with Gasteiger partial charge in [0.15, 0.2) is 0 Å². The quantitative estimate of drug-likeness (QED) is 0.359. The Bertz CT molecular complexity index is 1580. The molecule has 0 spiro atoms. The van der Waals surface area contributed by atoms with E-state index >= 15 is 0 Å². The molecule has 8 nitrogen and oxygen atoms in total. The third-order valence-corrected chi connectivity index (χ3v) is 6.04. The third-order valence-electron chi connectivity index (χ3n) is 6.04. The first kappa shape index (κ1) is 22.2. The van der Waals surface area contributed by atoms with Crippen LogP contribution in [0.2, 0.25) is 0 Å². The van der Waals surface area contributed by atoms with Crippen molar-refractivity contribution in [3.63, 3.8) is 0 Å². The Labute approximate surface area is 201 Å². The summed E-state index contributed by atoms with van der Waals surface area (Å²) in [5, 5.41) is 16.8. The van der Waals surface area contributed by atoms with E-state index in [0.717, 1.165) is 38.5 Å². The molecule has 0 bridgehead atoms.